The second kappa shape index (κ2) is 5.20. The molecule has 1 aromatic rings. The van der Waals surface area contributed by atoms with E-state index in [1.165, 1.54) is 12.8 Å². The van der Waals surface area contributed by atoms with Crippen LogP contribution in [0.25, 0.3) is 0 Å². The van der Waals surface area contributed by atoms with Gasteiger partial charge < -0.3 is 4.90 Å². The van der Waals surface area contributed by atoms with Crippen molar-refractivity contribution >= 4 is 5.95 Å². The first-order valence-electron chi connectivity index (χ1n) is 6.85. The predicted octanol–water partition coefficient (Wildman–Crippen LogP) is 0.805. The van der Waals surface area contributed by atoms with Crippen LogP contribution in [0.5, 0.6) is 0 Å². The Morgan fingerprint density at radius 1 is 1.22 bits per heavy atom. The Morgan fingerprint density at radius 2 is 1.94 bits per heavy atom. The van der Waals surface area contributed by atoms with Crippen molar-refractivity contribution in [2.75, 3.05) is 24.5 Å². The maximum absolute atomic E-state index is 4.33. The smallest absolute Gasteiger partial charge is 0.225 e. The van der Waals surface area contributed by atoms with Gasteiger partial charge in [0.1, 0.15) is 0 Å². The molecule has 18 heavy (non-hydrogen) atoms. The molecule has 0 radical (unpaired) electrons. The third kappa shape index (κ3) is 2.33. The highest BCUT2D eigenvalue weighted by atomic mass is 15.4. The van der Waals surface area contributed by atoms with Gasteiger partial charge in [-0.15, -0.1) is 0 Å². The van der Waals surface area contributed by atoms with E-state index in [1.807, 2.05) is 18.5 Å². The molecule has 2 atom stereocenters. The molecule has 2 saturated heterocycles. The first-order chi connectivity index (χ1) is 8.84. The molecule has 0 bridgehead atoms. The normalized spacial score (nSPS) is 29.7. The summed E-state index contributed by atoms with van der Waals surface area (Å²) in [6.07, 6.45) is 6.09. The summed E-state index contributed by atoms with van der Waals surface area (Å²) in [6.45, 7) is 5.55. The summed E-state index contributed by atoms with van der Waals surface area (Å²) in [5, 5.41) is 0. The van der Waals surface area contributed by atoms with Crippen molar-refractivity contribution < 1.29 is 0 Å². The quantitative estimate of drug-likeness (QED) is 0.810. The zero-order valence-electron chi connectivity index (χ0n) is 10.8. The zero-order chi connectivity index (χ0) is 12.4. The van der Waals surface area contributed by atoms with E-state index in [1.54, 1.807) is 0 Å². The molecule has 2 N–H and O–H groups in total. The van der Waals surface area contributed by atoms with E-state index in [0.717, 1.165) is 37.4 Å². The summed E-state index contributed by atoms with van der Waals surface area (Å²) in [6, 6.07) is 2.50. The van der Waals surface area contributed by atoms with Gasteiger partial charge in [0.2, 0.25) is 5.95 Å². The van der Waals surface area contributed by atoms with E-state index in [-0.39, 0.29) is 0 Å². The van der Waals surface area contributed by atoms with Crippen LogP contribution in [0.3, 0.4) is 0 Å². The van der Waals surface area contributed by atoms with Crippen LogP contribution in [0.4, 0.5) is 5.95 Å². The lowest BCUT2D eigenvalue weighted by molar-refractivity contribution is 0.276. The molecule has 2 fully saturated rings. The summed E-state index contributed by atoms with van der Waals surface area (Å²) in [4.78, 5) is 10.9. The number of hydrogen-bond acceptors (Lipinski definition) is 5. The minimum Gasteiger partial charge on any atom is -0.341 e. The summed E-state index contributed by atoms with van der Waals surface area (Å²) in [7, 11) is 0. The topological polar surface area (TPSA) is 53.1 Å². The number of anilines is 1. The summed E-state index contributed by atoms with van der Waals surface area (Å²) in [5.74, 6) is 2.38. The van der Waals surface area contributed by atoms with Gasteiger partial charge in [0.25, 0.3) is 0 Å². The predicted molar refractivity (Wildman–Crippen MR) is 71.1 cm³/mol. The van der Waals surface area contributed by atoms with Crippen molar-refractivity contribution in [3.8, 4) is 0 Å². The van der Waals surface area contributed by atoms with E-state index in [0.29, 0.717) is 6.04 Å². The lowest BCUT2D eigenvalue weighted by Gasteiger charge is -2.35. The highest BCUT2D eigenvalue weighted by Crippen LogP contribution is 2.27. The van der Waals surface area contributed by atoms with Gasteiger partial charge in [0.15, 0.2) is 0 Å². The van der Waals surface area contributed by atoms with Gasteiger partial charge in [-0.3, -0.25) is 10.9 Å². The maximum Gasteiger partial charge on any atom is 0.225 e. The second-order valence-corrected chi connectivity index (χ2v) is 5.40. The SMILES string of the molecule is CC1CNNC1C1CCN(c2ncccn2)CC1. The summed E-state index contributed by atoms with van der Waals surface area (Å²) >= 11 is 0. The largest absolute Gasteiger partial charge is 0.341 e. The Bertz CT molecular complexity index is 374. The van der Waals surface area contributed by atoms with E-state index >= 15 is 0 Å². The first-order valence-corrected chi connectivity index (χ1v) is 6.85. The first kappa shape index (κ1) is 11.9. The highest BCUT2D eigenvalue weighted by Gasteiger charge is 2.33. The molecular formula is C13H21N5. The molecule has 0 saturated carbocycles. The van der Waals surface area contributed by atoms with E-state index < -0.39 is 0 Å². The molecule has 1 aromatic heterocycles. The van der Waals surface area contributed by atoms with Crippen LogP contribution in [0.1, 0.15) is 19.8 Å². The molecule has 3 rings (SSSR count). The van der Waals surface area contributed by atoms with Gasteiger partial charge >= 0.3 is 0 Å². The van der Waals surface area contributed by atoms with E-state index in [4.69, 9.17) is 0 Å². The van der Waals surface area contributed by atoms with Crippen molar-refractivity contribution in [1.82, 2.24) is 20.8 Å². The number of rotatable bonds is 2. The Labute approximate surface area is 108 Å². The van der Waals surface area contributed by atoms with Crippen molar-refractivity contribution in [2.24, 2.45) is 11.8 Å². The molecule has 0 aromatic carbocycles. The van der Waals surface area contributed by atoms with Gasteiger partial charge in [-0.2, -0.15) is 0 Å². The fourth-order valence-corrected chi connectivity index (χ4v) is 3.10. The lowest BCUT2D eigenvalue weighted by atomic mass is 9.84. The van der Waals surface area contributed by atoms with Crippen molar-refractivity contribution in [3.05, 3.63) is 18.5 Å². The van der Waals surface area contributed by atoms with Gasteiger partial charge in [-0.1, -0.05) is 6.92 Å². The number of piperidine rings is 1. The standard InChI is InChI=1S/C13H21N5/c1-10-9-16-17-12(10)11-3-7-18(8-4-11)13-14-5-2-6-15-13/h2,5-6,10-12,16-17H,3-4,7-9H2,1H3. The second-order valence-electron chi connectivity index (χ2n) is 5.40. The van der Waals surface area contributed by atoms with Gasteiger partial charge in [-0.05, 0) is 30.7 Å². The van der Waals surface area contributed by atoms with Crippen molar-refractivity contribution in [1.29, 1.82) is 0 Å². The molecular weight excluding hydrogens is 226 g/mol. The van der Waals surface area contributed by atoms with Crippen molar-refractivity contribution in [3.63, 3.8) is 0 Å². The fourth-order valence-electron chi connectivity index (χ4n) is 3.10. The van der Waals surface area contributed by atoms with Crippen molar-refractivity contribution in [2.45, 2.75) is 25.8 Å². The minimum atomic E-state index is 0.629. The Kier molecular flexibility index (Phi) is 3.43. The molecule has 3 heterocycles. The van der Waals surface area contributed by atoms with Crippen LogP contribution < -0.4 is 15.8 Å². The van der Waals surface area contributed by atoms with Crippen LogP contribution in [0, 0.1) is 11.8 Å². The Morgan fingerprint density at radius 3 is 2.56 bits per heavy atom. The van der Waals surface area contributed by atoms with Gasteiger partial charge in [0, 0.05) is 38.1 Å². The van der Waals surface area contributed by atoms with Crippen LogP contribution in [0.15, 0.2) is 18.5 Å². The zero-order valence-corrected chi connectivity index (χ0v) is 10.8. The molecule has 2 aliphatic rings. The molecule has 98 valence electrons. The van der Waals surface area contributed by atoms with E-state index in [2.05, 4.69) is 32.6 Å². The highest BCUT2D eigenvalue weighted by molar-refractivity contribution is 5.28. The molecule has 0 aliphatic carbocycles. The average Bonchev–Trinajstić information content (AvgIpc) is 2.86. The molecule has 0 spiro atoms. The van der Waals surface area contributed by atoms with Crippen LogP contribution in [-0.4, -0.2) is 35.6 Å². The lowest BCUT2D eigenvalue weighted by Crippen LogP contribution is -2.44. The molecule has 2 unspecified atom stereocenters. The van der Waals surface area contributed by atoms with E-state index in [9.17, 15) is 0 Å². The van der Waals surface area contributed by atoms with Gasteiger partial charge in [0.05, 0.1) is 0 Å². The van der Waals surface area contributed by atoms with Crippen LogP contribution in [-0.2, 0) is 0 Å². The molecule has 0 amide bonds. The molecule has 5 heteroatoms. The Balaban J connectivity index is 1.58. The molecule has 5 nitrogen and oxygen atoms in total. The summed E-state index contributed by atoms with van der Waals surface area (Å²) < 4.78 is 0. The van der Waals surface area contributed by atoms with Crippen LogP contribution in [0.2, 0.25) is 0 Å². The number of hydrazine groups is 1. The third-order valence-corrected chi connectivity index (χ3v) is 4.19. The number of nitrogens with zero attached hydrogens (tertiary/aromatic N) is 3. The summed E-state index contributed by atoms with van der Waals surface area (Å²) in [5.41, 5.74) is 6.70. The molecule has 2 aliphatic heterocycles. The Hall–Kier alpha value is -1.20. The van der Waals surface area contributed by atoms with Crippen LogP contribution >= 0.6 is 0 Å². The average molecular weight is 247 g/mol. The minimum absolute atomic E-state index is 0.629. The number of hydrogen-bond donors (Lipinski definition) is 2. The maximum atomic E-state index is 4.33. The number of nitrogens with one attached hydrogen (secondary N) is 2. The fraction of sp³-hybridized carbons (Fsp3) is 0.692. The third-order valence-electron chi connectivity index (χ3n) is 4.19. The monoisotopic (exact) mass is 247 g/mol. The number of aromatic nitrogens is 2. The van der Waals surface area contributed by atoms with Gasteiger partial charge in [-0.25, -0.2) is 9.97 Å².